The van der Waals surface area contributed by atoms with Crippen molar-refractivity contribution in [3.63, 3.8) is 0 Å². The summed E-state index contributed by atoms with van der Waals surface area (Å²) in [4.78, 5) is 22.7. The zero-order valence-electron chi connectivity index (χ0n) is 10.8. The van der Waals surface area contributed by atoms with Crippen LogP contribution in [0.2, 0.25) is 0 Å². The first-order chi connectivity index (χ1) is 9.18. The van der Waals surface area contributed by atoms with Crippen LogP contribution in [0.15, 0.2) is 24.5 Å². The number of hydrogen-bond acceptors (Lipinski definition) is 4. The van der Waals surface area contributed by atoms with Crippen LogP contribution in [0.4, 0.5) is 5.82 Å². The Morgan fingerprint density at radius 1 is 1.42 bits per heavy atom. The van der Waals surface area contributed by atoms with Gasteiger partial charge in [0.25, 0.3) is 5.91 Å². The third kappa shape index (κ3) is 1.91. The molecule has 2 N–H and O–H groups in total. The second-order valence-electron chi connectivity index (χ2n) is 4.95. The molecule has 1 aromatic heterocycles. The molecule has 1 aliphatic heterocycles. The molecular formula is C14H16N4O. The van der Waals surface area contributed by atoms with Gasteiger partial charge in [0, 0.05) is 18.0 Å². The van der Waals surface area contributed by atoms with Crippen LogP contribution in [0.3, 0.4) is 0 Å². The number of likely N-dealkylation sites (tertiary alicyclic amines) is 1. The fraction of sp³-hybridized carbons (Fsp3) is 0.357. The monoisotopic (exact) mass is 256 g/mol. The third-order valence-electron chi connectivity index (χ3n) is 3.74. The molecule has 1 amide bonds. The zero-order valence-corrected chi connectivity index (χ0v) is 10.8. The van der Waals surface area contributed by atoms with Gasteiger partial charge in [-0.25, -0.2) is 9.97 Å². The van der Waals surface area contributed by atoms with Gasteiger partial charge in [-0.05, 0) is 31.9 Å². The number of rotatable bonds is 1. The number of carbonyl (C=O) groups is 1. The van der Waals surface area contributed by atoms with Gasteiger partial charge in [-0.1, -0.05) is 6.07 Å². The smallest absolute Gasteiger partial charge is 0.256 e. The Morgan fingerprint density at radius 2 is 2.26 bits per heavy atom. The molecule has 0 radical (unpaired) electrons. The molecule has 1 fully saturated rings. The summed E-state index contributed by atoms with van der Waals surface area (Å²) in [5.41, 5.74) is 7.08. The first-order valence-corrected chi connectivity index (χ1v) is 6.48. The maximum Gasteiger partial charge on any atom is 0.256 e. The van der Waals surface area contributed by atoms with E-state index in [1.54, 1.807) is 0 Å². The van der Waals surface area contributed by atoms with Gasteiger partial charge >= 0.3 is 0 Å². The number of benzene rings is 1. The average Bonchev–Trinajstić information content (AvgIpc) is 2.84. The summed E-state index contributed by atoms with van der Waals surface area (Å²) in [6, 6.07) is 5.77. The second kappa shape index (κ2) is 4.50. The molecule has 98 valence electrons. The molecule has 1 atom stereocenters. The number of nitrogens with zero attached hydrogens (tertiary/aromatic N) is 3. The number of anilines is 1. The fourth-order valence-corrected chi connectivity index (χ4v) is 2.67. The first-order valence-electron chi connectivity index (χ1n) is 6.48. The van der Waals surface area contributed by atoms with E-state index < -0.39 is 0 Å². The lowest BCUT2D eigenvalue weighted by Crippen LogP contribution is -2.33. The van der Waals surface area contributed by atoms with Gasteiger partial charge in [0.05, 0.1) is 11.1 Å². The summed E-state index contributed by atoms with van der Waals surface area (Å²) >= 11 is 0. The predicted octanol–water partition coefficient (Wildman–Crippen LogP) is 1.84. The molecular weight excluding hydrogens is 240 g/mol. The number of carbonyl (C=O) groups excluding carboxylic acids is 1. The molecule has 0 bridgehead atoms. The van der Waals surface area contributed by atoms with Crippen molar-refractivity contribution in [2.24, 2.45) is 0 Å². The van der Waals surface area contributed by atoms with E-state index in [9.17, 15) is 4.79 Å². The van der Waals surface area contributed by atoms with Crippen LogP contribution in [-0.2, 0) is 0 Å². The SMILES string of the molecule is C[C@H]1CCCN1C(=O)c1cccc2c(N)ncnc12. The van der Waals surface area contributed by atoms with E-state index in [-0.39, 0.29) is 5.91 Å². The van der Waals surface area contributed by atoms with Crippen LogP contribution in [0, 0.1) is 0 Å². The predicted molar refractivity (Wildman–Crippen MR) is 73.7 cm³/mol. The lowest BCUT2D eigenvalue weighted by atomic mass is 10.1. The molecule has 2 heterocycles. The van der Waals surface area contributed by atoms with Crippen LogP contribution in [0.25, 0.3) is 10.9 Å². The third-order valence-corrected chi connectivity index (χ3v) is 3.74. The molecule has 1 aromatic carbocycles. The molecule has 0 aliphatic carbocycles. The molecule has 5 heteroatoms. The molecule has 3 rings (SSSR count). The number of para-hydroxylation sites is 1. The number of fused-ring (bicyclic) bond motifs is 1. The lowest BCUT2D eigenvalue weighted by molar-refractivity contribution is 0.0749. The Hall–Kier alpha value is -2.17. The molecule has 5 nitrogen and oxygen atoms in total. The second-order valence-corrected chi connectivity index (χ2v) is 4.95. The summed E-state index contributed by atoms with van der Waals surface area (Å²) in [7, 11) is 0. The Bertz CT molecular complexity index is 640. The van der Waals surface area contributed by atoms with E-state index in [4.69, 9.17) is 5.73 Å². The summed E-state index contributed by atoms with van der Waals surface area (Å²) < 4.78 is 0. The summed E-state index contributed by atoms with van der Waals surface area (Å²) in [6.07, 6.45) is 3.53. The van der Waals surface area contributed by atoms with Crippen LogP contribution in [-0.4, -0.2) is 33.4 Å². The molecule has 0 spiro atoms. The van der Waals surface area contributed by atoms with Crippen LogP contribution in [0.1, 0.15) is 30.1 Å². The van der Waals surface area contributed by atoms with Crippen molar-refractivity contribution in [2.45, 2.75) is 25.8 Å². The van der Waals surface area contributed by atoms with Crippen molar-refractivity contribution in [1.82, 2.24) is 14.9 Å². The Kier molecular flexibility index (Phi) is 2.81. The normalized spacial score (nSPS) is 19.0. The highest BCUT2D eigenvalue weighted by molar-refractivity contribution is 6.07. The van der Waals surface area contributed by atoms with E-state index >= 15 is 0 Å². The van der Waals surface area contributed by atoms with Crippen LogP contribution < -0.4 is 5.73 Å². The summed E-state index contributed by atoms with van der Waals surface area (Å²) in [6.45, 7) is 2.90. The maximum absolute atomic E-state index is 12.6. The number of amides is 1. The standard InChI is InChI=1S/C14H16N4O/c1-9-4-3-7-18(9)14(19)11-6-2-5-10-12(11)16-8-17-13(10)15/h2,5-6,8-9H,3-4,7H2,1H3,(H2,15,16,17)/t9-/m0/s1. The Morgan fingerprint density at radius 3 is 3.00 bits per heavy atom. The fourth-order valence-electron chi connectivity index (χ4n) is 2.67. The van der Waals surface area contributed by atoms with E-state index in [1.807, 2.05) is 23.1 Å². The zero-order chi connectivity index (χ0) is 13.4. The quantitative estimate of drug-likeness (QED) is 0.845. The highest BCUT2D eigenvalue weighted by Crippen LogP contribution is 2.24. The maximum atomic E-state index is 12.6. The van der Waals surface area contributed by atoms with Crippen molar-refractivity contribution in [1.29, 1.82) is 0 Å². The number of nitrogen functional groups attached to an aromatic ring is 1. The van der Waals surface area contributed by atoms with E-state index in [2.05, 4.69) is 16.9 Å². The van der Waals surface area contributed by atoms with Gasteiger partial charge in [0.1, 0.15) is 12.1 Å². The number of aromatic nitrogens is 2. The molecule has 19 heavy (non-hydrogen) atoms. The van der Waals surface area contributed by atoms with Crippen molar-refractivity contribution in [2.75, 3.05) is 12.3 Å². The topological polar surface area (TPSA) is 72.1 Å². The minimum absolute atomic E-state index is 0.0358. The molecule has 2 aromatic rings. The highest BCUT2D eigenvalue weighted by atomic mass is 16.2. The van der Waals surface area contributed by atoms with Gasteiger partial charge in [-0.3, -0.25) is 4.79 Å². The van der Waals surface area contributed by atoms with Gasteiger partial charge in [-0.2, -0.15) is 0 Å². The Balaban J connectivity index is 2.10. The van der Waals surface area contributed by atoms with Crippen molar-refractivity contribution >= 4 is 22.6 Å². The first kappa shape index (κ1) is 11.9. The van der Waals surface area contributed by atoms with Gasteiger partial charge in [-0.15, -0.1) is 0 Å². The molecule has 0 unspecified atom stereocenters. The summed E-state index contributed by atoms with van der Waals surface area (Å²) in [5, 5.41) is 0.736. The van der Waals surface area contributed by atoms with Gasteiger partial charge in [0.2, 0.25) is 0 Å². The minimum Gasteiger partial charge on any atom is -0.383 e. The van der Waals surface area contributed by atoms with Crippen molar-refractivity contribution in [3.8, 4) is 0 Å². The molecule has 1 aliphatic rings. The highest BCUT2D eigenvalue weighted by Gasteiger charge is 2.27. The minimum atomic E-state index is 0.0358. The molecule has 0 saturated carbocycles. The van der Waals surface area contributed by atoms with Gasteiger partial charge < -0.3 is 10.6 Å². The average molecular weight is 256 g/mol. The van der Waals surface area contributed by atoms with Crippen molar-refractivity contribution in [3.05, 3.63) is 30.1 Å². The summed E-state index contributed by atoms with van der Waals surface area (Å²) in [5.74, 6) is 0.447. The molecule has 1 saturated heterocycles. The van der Waals surface area contributed by atoms with E-state index in [0.29, 0.717) is 22.9 Å². The van der Waals surface area contributed by atoms with Crippen LogP contribution >= 0.6 is 0 Å². The van der Waals surface area contributed by atoms with Crippen LogP contribution in [0.5, 0.6) is 0 Å². The Labute approximate surface area is 111 Å². The van der Waals surface area contributed by atoms with E-state index in [0.717, 1.165) is 24.8 Å². The lowest BCUT2D eigenvalue weighted by Gasteiger charge is -2.21. The van der Waals surface area contributed by atoms with Gasteiger partial charge in [0.15, 0.2) is 0 Å². The number of hydrogen-bond donors (Lipinski definition) is 1. The van der Waals surface area contributed by atoms with Crippen molar-refractivity contribution < 1.29 is 4.79 Å². The largest absolute Gasteiger partial charge is 0.383 e. The van der Waals surface area contributed by atoms with E-state index in [1.165, 1.54) is 6.33 Å². The number of nitrogens with two attached hydrogens (primary N) is 1.